The maximum Gasteiger partial charge on any atom is 0.339 e. The summed E-state index contributed by atoms with van der Waals surface area (Å²) in [5, 5.41) is 12.0. The standard InChI is InChI=1S/C13H18N2O4/c1-5-13(3,12(17)18)15-10-7-6-9(8(2)14-10)11(16)19-4/h6-7H,5H2,1-4H3,(H,14,15)(H,17,18). The molecule has 1 rings (SSSR count). The fraction of sp³-hybridized carbons (Fsp3) is 0.462. The summed E-state index contributed by atoms with van der Waals surface area (Å²) >= 11 is 0. The highest BCUT2D eigenvalue weighted by Gasteiger charge is 2.31. The van der Waals surface area contributed by atoms with Crippen LogP contribution in [-0.4, -0.2) is 34.7 Å². The topological polar surface area (TPSA) is 88.5 Å². The predicted molar refractivity (Wildman–Crippen MR) is 70.3 cm³/mol. The van der Waals surface area contributed by atoms with E-state index >= 15 is 0 Å². The molecule has 1 aromatic heterocycles. The van der Waals surface area contributed by atoms with Crippen LogP contribution in [0.4, 0.5) is 5.82 Å². The number of rotatable bonds is 5. The minimum atomic E-state index is -1.09. The van der Waals surface area contributed by atoms with Crippen LogP contribution in [0.5, 0.6) is 0 Å². The van der Waals surface area contributed by atoms with E-state index < -0.39 is 17.5 Å². The number of carboxylic acid groups (broad SMARTS) is 1. The van der Waals surface area contributed by atoms with Gasteiger partial charge in [-0.2, -0.15) is 0 Å². The zero-order chi connectivity index (χ0) is 14.6. The molecule has 6 nitrogen and oxygen atoms in total. The van der Waals surface area contributed by atoms with Crippen LogP contribution < -0.4 is 5.32 Å². The van der Waals surface area contributed by atoms with Crippen molar-refractivity contribution in [1.29, 1.82) is 0 Å². The predicted octanol–water partition coefficient (Wildman–Crippen LogP) is 1.84. The first kappa shape index (κ1) is 14.9. The molecule has 1 aromatic rings. The van der Waals surface area contributed by atoms with Crippen LogP contribution >= 0.6 is 0 Å². The summed E-state index contributed by atoms with van der Waals surface area (Å²) in [4.78, 5) is 26.8. The van der Waals surface area contributed by atoms with Crippen LogP contribution in [0.2, 0.25) is 0 Å². The Morgan fingerprint density at radius 1 is 1.47 bits per heavy atom. The van der Waals surface area contributed by atoms with Crippen molar-refractivity contribution in [3.05, 3.63) is 23.4 Å². The third-order valence-corrected chi connectivity index (χ3v) is 3.07. The number of carbonyl (C=O) groups is 2. The fourth-order valence-electron chi connectivity index (χ4n) is 1.53. The van der Waals surface area contributed by atoms with Crippen molar-refractivity contribution in [3.8, 4) is 0 Å². The number of aromatic nitrogens is 1. The lowest BCUT2D eigenvalue weighted by atomic mass is 9.99. The second kappa shape index (κ2) is 5.69. The van der Waals surface area contributed by atoms with E-state index in [1.54, 1.807) is 32.9 Å². The zero-order valence-corrected chi connectivity index (χ0v) is 11.5. The molecule has 0 spiro atoms. The van der Waals surface area contributed by atoms with Crippen LogP contribution in [0.25, 0.3) is 0 Å². The first-order valence-electron chi connectivity index (χ1n) is 5.91. The molecule has 0 radical (unpaired) electrons. The average molecular weight is 266 g/mol. The normalized spacial score (nSPS) is 13.5. The third kappa shape index (κ3) is 3.21. The molecule has 0 aliphatic heterocycles. The molecule has 0 aromatic carbocycles. The molecular weight excluding hydrogens is 248 g/mol. The number of aryl methyl sites for hydroxylation is 1. The molecule has 104 valence electrons. The van der Waals surface area contributed by atoms with Crippen LogP contribution in [0.3, 0.4) is 0 Å². The first-order valence-corrected chi connectivity index (χ1v) is 5.91. The van der Waals surface area contributed by atoms with E-state index in [2.05, 4.69) is 15.0 Å². The summed E-state index contributed by atoms with van der Waals surface area (Å²) in [6.45, 7) is 5.03. The Labute approximate surface area is 111 Å². The minimum absolute atomic E-state index is 0.363. The number of nitrogens with zero attached hydrogens (tertiary/aromatic N) is 1. The number of anilines is 1. The summed E-state index contributed by atoms with van der Waals surface area (Å²) in [6.07, 6.45) is 0.405. The number of aliphatic carboxylic acids is 1. The Balaban J connectivity index is 3.02. The lowest BCUT2D eigenvalue weighted by Crippen LogP contribution is -2.43. The van der Waals surface area contributed by atoms with Gasteiger partial charge in [-0.3, -0.25) is 0 Å². The molecule has 1 unspecified atom stereocenters. The number of carboxylic acids is 1. The molecule has 0 aliphatic rings. The third-order valence-electron chi connectivity index (χ3n) is 3.07. The smallest absolute Gasteiger partial charge is 0.339 e. The largest absolute Gasteiger partial charge is 0.480 e. The quantitative estimate of drug-likeness (QED) is 0.790. The fourth-order valence-corrected chi connectivity index (χ4v) is 1.53. The molecule has 0 amide bonds. The van der Waals surface area contributed by atoms with Gasteiger partial charge in [0.05, 0.1) is 18.4 Å². The zero-order valence-electron chi connectivity index (χ0n) is 11.5. The van der Waals surface area contributed by atoms with Crippen LogP contribution in [-0.2, 0) is 9.53 Å². The highest BCUT2D eigenvalue weighted by Crippen LogP contribution is 2.19. The Hall–Kier alpha value is -2.11. The van der Waals surface area contributed by atoms with Gasteiger partial charge in [0.15, 0.2) is 0 Å². The number of nitrogens with one attached hydrogen (secondary N) is 1. The van der Waals surface area contributed by atoms with Crippen molar-refractivity contribution in [2.45, 2.75) is 32.7 Å². The van der Waals surface area contributed by atoms with E-state index in [9.17, 15) is 14.7 Å². The van der Waals surface area contributed by atoms with Gasteiger partial charge < -0.3 is 15.2 Å². The first-order chi connectivity index (χ1) is 8.84. The number of esters is 1. The number of pyridine rings is 1. The van der Waals surface area contributed by atoms with Crippen molar-refractivity contribution >= 4 is 17.8 Å². The van der Waals surface area contributed by atoms with Gasteiger partial charge >= 0.3 is 11.9 Å². The molecule has 1 heterocycles. The molecule has 2 N–H and O–H groups in total. The summed E-state index contributed by atoms with van der Waals surface area (Å²) in [5.74, 6) is -1.00. The molecule has 0 saturated heterocycles. The molecule has 0 aliphatic carbocycles. The van der Waals surface area contributed by atoms with Gasteiger partial charge in [-0.15, -0.1) is 0 Å². The highest BCUT2D eigenvalue weighted by atomic mass is 16.5. The highest BCUT2D eigenvalue weighted by molar-refractivity contribution is 5.90. The van der Waals surface area contributed by atoms with E-state index in [1.165, 1.54) is 7.11 Å². The number of methoxy groups -OCH3 is 1. The van der Waals surface area contributed by atoms with Crippen LogP contribution in [0.15, 0.2) is 12.1 Å². The van der Waals surface area contributed by atoms with Crippen molar-refractivity contribution < 1.29 is 19.4 Å². The van der Waals surface area contributed by atoms with Crippen LogP contribution in [0.1, 0.15) is 36.3 Å². The Kier molecular flexibility index (Phi) is 4.47. The van der Waals surface area contributed by atoms with E-state index in [0.717, 1.165) is 0 Å². The summed E-state index contributed by atoms with van der Waals surface area (Å²) in [5.41, 5.74) is -0.242. The molecular formula is C13H18N2O4. The monoisotopic (exact) mass is 266 g/mol. The van der Waals surface area contributed by atoms with Gasteiger partial charge in [0, 0.05) is 0 Å². The lowest BCUT2D eigenvalue weighted by Gasteiger charge is -2.25. The lowest BCUT2D eigenvalue weighted by molar-refractivity contribution is -0.141. The second-order valence-corrected chi connectivity index (χ2v) is 4.44. The molecule has 1 atom stereocenters. The van der Waals surface area contributed by atoms with E-state index in [0.29, 0.717) is 23.5 Å². The second-order valence-electron chi connectivity index (χ2n) is 4.44. The van der Waals surface area contributed by atoms with Gasteiger partial charge in [0.2, 0.25) is 0 Å². The minimum Gasteiger partial charge on any atom is -0.480 e. The van der Waals surface area contributed by atoms with Gasteiger partial charge in [-0.25, -0.2) is 14.6 Å². The number of carbonyl (C=O) groups excluding carboxylic acids is 1. The molecule has 0 bridgehead atoms. The Morgan fingerprint density at radius 2 is 2.11 bits per heavy atom. The summed E-state index contributed by atoms with van der Waals surface area (Å²) in [6, 6.07) is 3.13. The van der Waals surface area contributed by atoms with Crippen molar-refractivity contribution in [1.82, 2.24) is 4.98 Å². The summed E-state index contributed by atoms with van der Waals surface area (Å²) in [7, 11) is 1.30. The van der Waals surface area contributed by atoms with E-state index in [-0.39, 0.29) is 0 Å². The Bertz CT molecular complexity index is 501. The van der Waals surface area contributed by atoms with E-state index in [4.69, 9.17) is 0 Å². The van der Waals surface area contributed by atoms with Crippen molar-refractivity contribution in [2.24, 2.45) is 0 Å². The average Bonchev–Trinajstić information content (AvgIpc) is 2.37. The molecule has 0 fully saturated rings. The SMILES string of the molecule is CCC(C)(Nc1ccc(C(=O)OC)c(C)n1)C(=O)O. The van der Waals surface area contributed by atoms with Crippen LogP contribution in [0, 0.1) is 6.92 Å². The maximum atomic E-state index is 11.4. The number of hydrogen-bond acceptors (Lipinski definition) is 5. The number of hydrogen-bond donors (Lipinski definition) is 2. The molecule has 19 heavy (non-hydrogen) atoms. The number of ether oxygens (including phenoxy) is 1. The Morgan fingerprint density at radius 3 is 2.53 bits per heavy atom. The summed E-state index contributed by atoms with van der Waals surface area (Å²) < 4.78 is 4.62. The molecule has 6 heteroatoms. The maximum absolute atomic E-state index is 11.4. The van der Waals surface area contributed by atoms with Gasteiger partial charge in [-0.05, 0) is 32.4 Å². The van der Waals surface area contributed by atoms with Crippen molar-refractivity contribution in [2.75, 3.05) is 12.4 Å². The van der Waals surface area contributed by atoms with Gasteiger partial charge in [0.1, 0.15) is 11.4 Å². The van der Waals surface area contributed by atoms with E-state index in [1.807, 2.05) is 0 Å². The van der Waals surface area contributed by atoms with Crippen molar-refractivity contribution in [3.63, 3.8) is 0 Å². The van der Waals surface area contributed by atoms with Gasteiger partial charge in [-0.1, -0.05) is 6.92 Å². The molecule has 0 saturated carbocycles. The van der Waals surface area contributed by atoms with Gasteiger partial charge in [0.25, 0.3) is 0 Å².